The van der Waals surface area contributed by atoms with Gasteiger partial charge in [-0.1, -0.05) is 41.6 Å². The summed E-state index contributed by atoms with van der Waals surface area (Å²) in [6, 6.07) is 24.9. The molecule has 0 N–H and O–H groups in total. The van der Waals surface area contributed by atoms with Crippen LogP contribution in [0.15, 0.2) is 88.4 Å². The number of nitriles is 1. The second-order valence-corrected chi connectivity index (χ2v) is 12.0. The second kappa shape index (κ2) is 9.93. The number of nitrogens with zero attached hydrogens (tertiary/aromatic N) is 4. The van der Waals surface area contributed by atoms with Crippen molar-refractivity contribution in [3.63, 3.8) is 0 Å². The minimum absolute atomic E-state index is 0.230. The molecule has 0 aliphatic rings. The lowest BCUT2D eigenvalue weighted by molar-refractivity contribution is 0.403. The van der Waals surface area contributed by atoms with E-state index in [0.717, 1.165) is 38.7 Å². The van der Waals surface area contributed by atoms with Gasteiger partial charge in [-0.2, -0.15) is 10.2 Å². The number of aromatic nitrogens is 3. The molecule has 0 saturated heterocycles. The van der Waals surface area contributed by atoms with Crippen LogP contribution in [0.3, 0.4) is 0 Å². The molecule has 194 valence electrons. The van der Waals surface area contributed by atoms with Gasteiger partial charge in [0.25, 0.3) is 5.89 Å². The normalized spacial score (nSPS) is 12.4. The molecular weight excluding hydrogens is 508 g/mol. The Hall–Kier alpha value is -4.61. The van der Waals surface area contributed by atoms with Crippen LogP contribution in [0.5, 0.6) is 0 Å². The van der Waals surface area contributed by atoms with Crippen LogP contribution in [0.1, 0.15) is 42.3 Å². The van der Waals surface area contributed by atoms with Gasteiger partial charge in [0.2, 0.25) is 0 Å². The fourth-order valence-electron chi connectivity index (χ4n) is 4.36. The molecule has 0 spiro atoms. The Balaban J connectivity index is 1.66. The van der Waals surface area contributed by atoms with Gasteiger partial charge in [0.1, 0.15) is 0 Å². The summed E-state index contributed by atoms with van der Waals surface area (Å²) >= 11 is 0. The minimum Gasteiger partial charge on any atom is -0.334 e. The van der Waals surface area contributed by atoms with Gasteiger partial charge < -0.3 is 4.52 Å². The van der Waals surface area contributed by atoms with Gasteiger partial charge in [-0.3, -0.25) is 4.98 Å². The van der Waals surface area contributed by atoms with Crippen LogP contribution >= 0.6 is 0 Å². The van der Waals surface area contributed by atoms with Crippen LogP contribution in [0, 0.1) is 18.3 Å². The molecule has 0 atom stereocenters. The zero-order valence-electron chi connectivity index (χ0n) is 22.0. The fraction of sp³-hybridized carbons (Fsp3) is 0.161. The van der Waals surface area contributed by atoms with E-state index in [1.807, 2.05) is 68.5 Å². The van der Waals surface area contributed by atoms with E-state index < -0.39 is 15.3 Å². The lowest BCUT2D eigenvalue weighted by atomic mass is 9.83. The molecule has 2 aromatic heterocycles. The molecule has 2 heterocycles. The second-order valence-electron chi connectivity index (χ2n) is 9.96. The zero-order valence-corrected chi connectivity index (χ0v) is 22.8. The third-order valence-corrected chi connectivity index (χ3v) is 7.69. The fourth-order valence-corrected chi connectivity index (χ4v) is 4.99. The van der Waals surface area contributed by atoms with Crippen LogP contribution in [0.4, 0.5) is 0 Å². The highest BCUT2D eigenvalue weighted by atomic mass is 32.2. The van der Waals surface area contributed by atoms with E-state index in [1.165, 1.54) is 6.26 Å². The quantitative estimate of drug-likeness (QED) is 0.232. The Morgan fingerprint density at radius 3 is 2.46 bits per heavy atom. The summed E-state index contributed by atoms with van der Waals surface area (Å²) in [7, 11) is -3.33. The molecule has 0 bridgehead atoms. The molecule has 3 aromatic carbocycles. The average molecular weight is 535 g/mol. The van der Waals surface area contributed by atoms with Gasteiger partial charge in [0.15, 0.2) is 15.7 Å². The van der Waals surface area contributed by atoms with Crippen LogP contribution in [0.25, 0.3) is 33.7 Å². The molecule has 0 aliphatic heterocycles. The van der Waals surface area contributed by atoms with Gasteiger partial charge in [-0.05, 0) is 85.5 Å². The van der Waals surface area contributed by atoms with E-state index in [9.17, 15) is 13.7 Å². The minimum atomic E-state index is -3.33. The summed E-state index contributed by atoms with van der Waals surface area (Å²) in [5.41, 5.74) is 5.23. The molecule has 0 unspecified atom stereocenters. The Morgan fingerprint density at radius 2 is 1.79 bits per heavy atom. The first-order valence-electron chi connectivity index (χ1n) is 12.3. The van der Waals surface area contributed by atoms with E-state index in [1.54, 1.807) is 37.4 Å². The van der Waals surface area contributed by atoms with Crippen molar-refractivity contribution in [1.82, 2.24) is 15.1 Å². The van der Waals surface area contributed by atoms with Crippen molar-refractivity contribution < 1.29 is 12.9 Å². The van der Waals surface area contributed by atoms with Gasteiger partial charge >= 0.3 is 0 Å². The monoisotopic (exact) mass is 534 g/mol. The van der Waals surface area contributed by atoms with Crippen molar-refractivity contribution in [2.24, 2.45) is 0 Å². The Morgan fingerprint density at radius 1 is 1.03 bits per heavy atom. The molecule has 0 radical (unpaired) electrons. The first kappa shape index (κ1) is 26.0. The standard InChI is InChI=1S/C31H26N4O3S/c1-20-34-30(38-35-20)28(22-10-12-26(13-11-22)39(4,36)37)16-21-7-5-8-23(15-21)27-18-25(31(2,3)19-32)17-24-9-6-14-33-29(24)27/h5-18H,1-4H3. The first-order chi connectivity index (χ1) is 18.5. The zero-order chi connectivity index (χ0) is 27.8. The number of rotatable bonds is 6. The highest BCUT2D eigenvalue weighted by Crippen LogP contribution is 2.35. The number of benzene rings is 3. The van der Waals surface area contributed by atoms with Gasteiger partial charge in [0.05, 0.1) is 21.9 Å². The average Bonchev–Trinajstić information content (AvgIpc) is 3.36. The van der Waals surface area contributed by atoms with Gasteiger partial charge in [0, 0.05) is 29.0 Å². The SMILES string of the molecule is Cc1noc(C(=Cc2cccc(-c3cc(C(C)(C)C#N)cc4cccnc34)c2)c2ccc(S(C)(=O)=O)cc2)n1. The molecule has 7 nitrogen and oxygen atoms in total. The van der Waals surface area contributed by atoms with Crippen molar-refractivity contribution in [3.05, 3.63) is 107 Å². The molecule has 0 fully saturated rings. The molecule has 5 rings (SSSR count). The van der Waals surface area contributed by atoms with Crippen molar-refractivity contribution >= 4 is 32.4 Å². The van der Waals surface area contributed by atoms with E-state index in [0.29, 0.717) is 17.3 Å². The summed E-state index contributed by atoms with van der Waals surface area (Å²) in [4.78, 5) is 9.29. The predicted molar refractivity (Wildman–Crippen MR) is 151 cm³/mol. The number of aryl methyl sites for hydroxylation is 1. The summed E-state index contributed by atoms with van der Waals surface area (Å²) in [6.45, 7) is 5.55. The topological polar surface area (TPSA) is 110 Å². The van der Waals surface area contributed by atoms with Crippen molar-refractivity contribution in [1.29, 1.82) is 5.26 Å². The highest BCUT2D eigenvalue weighted by molar-refractivity contribution is 7.90. The highest BCUT2D eigenvalue weighted by Gasteiger charge is 2.22. The summed E-state index contributed by atoms with van der Waals surface area (Å²) < 4.78 is 29.4. The van der Waals surface area contributed by atoms with E-state index in [-0.39, 0.29) is 4.90 Å². The lowest BCUT2D eigenvalue weighted by Crippen LogP contribution is -2.14. The molecule has 0 aliphatic carbocycles. The first-order valence-corrected chi connectivity index (χ1v) is 14.2. The third kappa shape index (κ3) is 5.35. The number of hydrogen-bond acceptors (Lipinski definition) is 7. The Kier molecular flexibility index (Phi) is 6.62. The molecule has 0 amide bonds. The Bertz CT molecular complexity index is 1880. The van der Waals surface area contributed by atoms with Gasteiger partial charge in [-0.25, -0.2) is 8.42 Å². The van der Waals surface area contributed by atoms with E-state index in [2.05, 4.69) is 21.2 Å². The van der Waals surface area contributed by atoms with Crippen LogP contribution in [0.2, 0.25) is 0 Å². The third-order valence-electron chi connectivity index (χ3n) is 6.57. The number of pyridine rings is 1. The molecule has 0 saturated carbocycles. The number of fused-ring (bicyclic) bond motifs is 1. The molecule has 5 aromatic rings. The van der Waals surface area contributed by atoms with Gasteiger partial charge in [-0.15, -0.1) is 0 Å². The number of sulfone groups is 1. The van der Waals surface area contributed by atoms with Crippen molar-refractivity contribution in [2.75, 3.05) is 6.26 Å². The van der Waals surface area contributed by atoms with Crippen molar-refractivity contribution in [3.8, 4) is 17.2 Å². The maximum atomic E-state index is 12.0. The molecular formula is C31H26N4O3S. The largest absolute Gasteiger partial charge is 0.334 e. The van der Waals surface area contributed by atoms with Crippen LogP contribution in [-0.4, -0.2) is 29.8 Å². The summed E-state index contributed by atoms with van der Waals surface area (Å²) in [5, 5.41) is 14.7. The number of hydrogen-bond donors (Lipinski definition) is 0. The van der Waals surface area contributed by atoms with E-state index in [4.69, 9.17) is 4.52 Å². The predicted octanol–water partition coefficient (Wildman–Crippen LogP) is 6.39. The Labute approximate surface area is 227 Å². The maximum absolute atomic E-state index is 12.0. The summed E-state index contributed by atoms with van der Waals surface area (Å²) in [5.74, 6) is 0.821. The van der Waals surface area contributed by atoms with Crippen molar-refractivity contribution in [2.45, 2.75) is 31.1 Å². The molecule has 8 heteroatoms. The van der Waals surface area contributed by atoms with Crippen LogP contribution in [-0.2, 0) is 15.3 Å². The van der Waals surface area contributed by atoms with Crippen LogP contribution < -0.4 is 0 Å². The maximum Gasteiger partial charge on any atom is 0.258 e. The smallest absolute Gasteiger partial charge is 0.258 e. The van der Waals surface area contributed by atoms with E-state index >= 15 is 0 Å². The molecule has 39 heavy (non-hydrogen) atoms. The lowest BCUT2D eigenvalue weighted by Gasteiger charge is -2.19. The summed E-state index contributed by atoms with van der Waals surface area (Å²) in [6.07, 6.45) is 4.88.